The zero-order valence-corrected chi connectivity index (χ0v) is 15.8. The van der Waals surface area contributed by atoms with Crippen LogP contribution in [0.3, 0.4) is 0 Å². The molecule has 2 saturated heterocycles. The third-order valence-electron chi connectivity index (χ3n) is 5.04. The largest absolute Gasteiger partial charge is 0.355 e. The number of hydrogen-bond donors (Lipinski definition) is 1. The van der Waals surface area contributed by atoms with Crippen LogP contribution in [0, 0.1) is 5.92 Å². The van der Waals surface area contributed by atoms with Crippen LogP contribution in [0.2, 0.25) is 0 Å². The molecule has 140 valence electrons. The summed E-state index contributed by atoms with van der Waals surface area (Å²) >= 11 is 0. The molecule has 0 aromatic rings. The van der Waals surface area contributed by atoms with Crippen LogP contribution in [0.4, 0.5) is 0 Å². The molecule has 2 aliphatic rings. The summed E-state index contributed by atoms with van der Waals surface area (Å²) in [5.74, 6) is -0.00762. The third-order valence-corrected chi connectivity index (χ3v) is 7.08. The SMILES string of the molecule is CCCS(=O)(=O)N1CCCC(C(=O)NCCN2CCCCCC2)C1. The van der Waals surface area contributed by atoms with Crippen molar-refractivity contribution in [2.24, 2.45) is 5.92 Å². The van der Waals surface area contributed by atoms with Crippen molar-refractivity contribution in [2.75, 3.05) is 45.0 Å². The first kappa shape index (κ1) is 19.7. The molecular formula is C17H33N3O3S. The van der Waals surface area contributed by atoms with E-state index in [1.807, 2.05) is 6.92 Å². The Morgan fingerprint density at radius 1 is 1.08 bits per heavy atom. The van der Waals surface area contributed by atoms with Gasteiger partial charge in [0.2, 0.25) is 15.9 Å². The third kappa shape index (κ3) is 6.01. The van der Waals surface area contributed by atoms with E-state index in [4.69, 9.17) is 0 Å². The predicted molar refractivity (Wildman–Crippen MR) is 96.3 cm³/mol. The van der Waals surface area contributed by atoms with E-state index >= 15 is 0 Å². The minimum absolute atomic E-state index is 0.0150. The first-order chi connectivity index (χ1) is 11.5. The molecule has 0 aromatic heterocycles. The fourth-order valence-corrected chi connectivity index (χ4v) is 5.23. The maximum atomic E-state index is 12.4. The van der Waals surface area contributed by atoms with Crippen LogP contribution in [0.5, 0.6) is 0 Å². The molecule has 0 saturated carbocycles. The van der Waals surface area contributed by atoms with Crippen LogP contribution in [-0.4, -0.2) is 68.6 Å². The van der Waals surface area contributed by atoms with Crippen molar-refractivity contribution in [1.29, 1.82) is 0 Å². The Kier molecular flexibility index (Phi) is 7.97. The quantitative estimate of drug-likeness (QED) is 0.747. The Morgan fingerprint density at radius 2 is 1.79 bits per heavy atom. The van der Waals surface area contributed by atoms with E-state index in [9.17, 15) is 13.2 Å². The van der Waals surface area contributed by atoms with E-state index in [1.54, 1.807) is 0 Å². The van der Waals surface area contributed by atoms with Crippen molar-refractivity contribution in [3.63, 3.8) is 0 Å². The van der Waals surface area contributed by atoms with Gasteiger partial charge >= 0.3 is 0 Å². The molecular weight excluding hydrogens is 326 g/mol. The second-order valence-corrected chi connectivity index (χ2v) is 9.15. The summed E-state index contributed by atoms with van der Waals surface area (Å²) in [5, 5.41) is 3.02. The maximum absolute atomic E-state index is 12.4. The van der Waals surface area contributed by atoms with Crippen LogP contribution in [0.1, 0.15) is 51.9 Å². The van der Waals surface area contributed by atoms with Gasteiger partial charge in [-0.1, -0.05) is 19.8 Å². The molecule has 2 rings (SSSR count). The molecule has 1 N–H and O–H groups in total. The Bertz CT molecular complexity index is 487. The number of carbonyl (C=O) groups excluding carboxylic acids is 1. The molecule has 6 nitrogen and oxygen atoms in total. The van der Waals surface area contributed by atoms with Crippen molar-refractivity contribution in [1.82, 2.24) is 14.5 Å². The lowest BCUT2D eigenvalue weighted by atomic mass is 9.99. The van der Waals surface area contributed by atoms with Crippen LogP contribution in [0.25, 0.3) is 0 Å². The fourth-order valence-electron chi connectivity index (χ4n) is 3.64. The second-order valence-electron chi connectivity index (χ2n) is 7.06. The van der Waals surface area contributed by atoms with Crippen molar-refractivity contribution in [3.05, 3.63) is 0 Å². The summed E-state index contributed by atoms with van der Waals surface area (Å²) in [6, 6.07) is 0. The summed E-state index contributed by atoms with van der Waals surface area (Å²) in [7, 11) is -3.20. The van der Waals surface area contributed by atoms with E-state index in [-0.39, 0.29) is 17.6 Å². The number of nitrogens with one attached hydrogen (secondary N) is 1. The Labute approximate surface area is 147 Å². The molecule has 2 aliphatic heterocycles. The van der Waals surface area contributed by atoms with Gasteiger partial charge in [-0.05, 0) is 45.2 Å². The normalized spacial score (nSPS) is 24.5. The van der Waals surface area contributed by atoms with E-state index in [1.165, 1.54) is 30.0 Å². The molecule has 1 unspecified atom stereocenters. The monoisotopic (exact) mass is 359 g/mol. The first-order valence-corrected chi connectivity index (χ1v) is 11.1. The van der Waals surface area contributed by atoms with E-state index < -0.39 is 10.0 Å². The standard InChI is InChI=1S/C17H33N3O3S/c1-2-14-24(22,23)20-12-7-8-16(15-20)17(21)18-9-13-19-10-5-3-4-6-11-19/h16H,2-15H2,1H3,(H,18,21). The fraction of sp³-hybridized carbons (Fsp3) is 0.941. The summed E-state index contributed by atoms with van der Waals surface area (Å²) < 4.78 is 25.9. The van der Waals surface area contributed by atoms with E-state index in [2.05, 4.69) is 10.2 Å². The molecule has 0 aromatic carbocycles. The zero-order chi connectivity index (χ0) is 17.4. The summed E-state index contributed by atoms with van der Waals surface area (Å²) in [6.45, 7) is 6.59. The molecule has 0 bridgehead atoms. The average Bonchev–Trinajstić information content (AvgIpc) is 2.84. The number of nitrogens with zero attached hydrogens (tertiary/aromatic N) is 2. The van der Waals surface area contributed by atoms with Crippen molar-refractivity contribution >= 4 is 15.9 Å². The molecule has 1 amide bonds. The van der Waals surface area contributed by atoms with Gasteiger partial charge in [0.15, 0.2) is 0 Å². The van der Waals surface area contributed by atoms with E-state index in [0.29, 0.717) is 26.1 Å². The van der Waals surface area contributed by atoms with Crippen LogP contribution >= 0.6 is 0 Å². The lowest BCUT2D eigenvalue weighted by Crippen LogP contribution is -2.47. The van der Waals surface area contributed by atoms with Gasteiger partial charge in [0, 0.05) is 26.2 Å². The Balaban J connectivity index is 1.75. The molecule has 0 radical (unpaired) electrons. The maximum Gasteiger partial charge on any atom is 0.224 e. The highest BCUT2D eigenvalue weighted by molar-refractivity contribution is 7.89. The molecule has 0 aliphatic carbocycles. The zero-order valence-electron chi connectivity index (χ0n) is 15.0. The van der Waals surface area contributed by atoms with Gasteiger partial charge in [0.05, 0.1) is 11.7 Å². The molecule has 2 heterocycles. The molecule has 24 heavy (non-hydrogen) atoms. The summed E-state index contributed by atoms with van der Waals surface area (Å²) in [6.07, 6.45) is 7.30. The minimum Gasteiger partial charge on any atom is -0.355 e. The smallest absolute Gasteiger partial charge is 0.224 e. The minimum atomic E-state index is -3.20. The van der Waals surface area contributed by atoms with Crippen LogP contribution in [0.15, 0.2) is 0 Å². The Morgan fingerprint density at radius 3 is 2.46 bits per heavy atom. The average molecular weight is 360 g/mol. The first-order valence-electron chi connectivity index (χ1n) is 9.51. The van der Waals surface area contributed by atoms with Gasteiger partial charge in [-0.3, -0.25) is 4.79 Å². The predicted octanol–water partition coefficient (Wildman–Crippen LogP) is 1.43. The van der Waals surface area contributed by atoms with Crippen LogP contribution < -0.4 is 5.32 Å². The highest BCUT2D eigenvalue weighted by Gasteiger charge is 2.31. The van der Waals surface area contributed by atoms with Gasteiger partial charge in [0.25, 0.3) is 0 Å². The number of hydrogen-bond acceptors (Lipinski definition) is 4. The lowest BCUT2D eigenvalue weighted by molar-refractivity contribution is -0.126. The van der Waals surface area contributed by atoms with Gasteiger partial charge in [0.1, 0.15) is 0 Å². The van der Waals surface area contributed by atoms with E-state index in [0.717, 1.165) is 32.5 Å². The second kappa shape index (κ2) is 9.73. The summed E-state index contributed by atoms with van der Waals surface area (Å²) in [5.41, 5.74) is 0. The molecule has 2 fully saturated rings. The molecule has 0 spiro atoms. The van der Waals surface area contributed by atoms with Crippen molar-refractivity contribution < 1.29 is 13.2 Å². The summed E-state index contributed by atoms with van der Waals surface area (Å²) in [4.78, 5) is 14.8. The highest BCUT2D eigenvalue weighted by atomic mass is 32.2. The number of amides is 1. The van der Waals surface area contributed by atoms with Gasteiger partial charge < -0.3 is 10.2 Å². The van der Waals surface area contributed by atoms with Crippen molar-refractivity contribution in [2.45, 2.75) is 51.9 Å². The number of piperidine rings is 1. The van der Waals surface area contributed by atoms with Gasteiger partial charge in [-0.25, -0.2) is 12.7 Å². The number of likely N-dealkylation sites (tertiary alicyclic amines) is 1. The van der Waals surface area contributed by atoms with Gasteiger partial charge in [-0.15, -0.1) is 0 Å². The number of rotatable bonds is 7. The molecule has 7 heteroatoms. The number of carbonyl (C=O) groups is 1. The topological polar surface area (TPSA) is 69.7 Å². The van der Waals surface area contributed by atoms with Crippen LogP contribution in [-0.2, 0) is 14.8 Å². The number of sulfonamides is 1. The Hall–Kier alpha value is -0.660. The lowest BCUT2D eigenvalue weighted by Gasteiger charge is -2.31. The highest BCUT2D eigenvalue weighted by Crippen LogP contribution is 2.20. The molecule has 1 atom stereocenters. The van der Waals surface area contributed by atoms with Crippen molar-refractivity contribution in [3.8, 4) is 0 Å². The van der Waals surface area contributed by atoms with Gasteiger partial charge in [-0.2, -0.15) is 0 Å².